The quantitative estimate of drug-likeness (QED) is 0.706. The summed E-state index contributed by atoms with van der Waals surface area (Å²) in [5, 5.41) is 9.06. The van der Waals surface area contributed by atoms with Gasteiger partial charge in [0.2, 0.25) is 0 Å². The Kier molecular flexibility index (Phi) is 3.05. The summed E-state index contributed by atoms with van der Waals surface area (Å²) < 4.78 is 0. The molecule has 2 aliphatic carbocycles. The third-order valence-electron chi connectivity index (χ3n) is 3.94. The molecule has 0 aromatic carbocycles. The number of carboxylic acid groups (broad SMARTS) is 1. The molecule has 0 aromatic rings. The number of carbonyl (C=O) groups excluding carboxylic acids is 1. The van der Waals surface area contributed by atoms with E-state index in [0.29, 0.717) is 18.1 Å². The van der Waals surface area contributed by atoms with Crippen LogP contribution in [0.2, 0.25) is 0 Å². The molecule has 84 valence electrons. The van der Waals surface area contributed by atoms with Gasteiger partial charge in [-0.1, -0.05) is 0 Å². The first-order valence-electron chi connectivity index (χ1n) is 5.52. The molecule has 3 nitrogen and oxygen atoms in total. The number of carboxylic acids is 1. The van der Waals surface area contributed by atoms with E-state index >= 15 is 0 Å². The van der Waals surface area contributed by atoms with Gasteiger partial charge in [0.05, 0.1) is 5.92 Å². The zero-order valence-corrected chi connectivity index (χ0v) is 9.45. The Morgan fingerprint density at radius 2 is 2.00 bits per heavy atom. The number of thiol groups is 1. The van der Waals surface area contributed by atoms with Gasteiger partial charge in [0, 0.05) is 11.8 Å². The van der Waals surface area contributed by atoms with Gasteiger partial charge in [-0.05, 0) is 37.4 Å². The summed E-state index contributed by atoms with van der Waals surface area (Å²) in [6.45, 7) is 0. The van der Waals surface area contributed by atoms with Gasteiger partial charge in [0.1, 0.15) is 5.78 Å². The maximum absolute atomic E-state index is 12.0. The Bertz CT molecular complexity index is 290. The second kappa shape index (κ2) is 4.16. The van der Waals surface area contributed by atoms with Crippen LogP contribution >= 0.6 is 12.6 Å². The lowest BCUT2D eigenvalue weighted by Gasteiger charge is -2.31. The molecule has 0 aromatic heterocycles. The van der Waals surface area contributed by atoms with Crippen molar-refractivity contribution in [2.24, 2.45) is 23.7 Å². The Hall–Kier alpha value is -0.510. The number of hydrogen-bond donors (Lipinski definition) is 2. The molecular formula is C11H16O3S. The molecular weight excluding hydrogens is 212 g/mol. The van der Waals surface area contributed by atoms with Gasteiger partial charge in [-0.2, -0.15) is 12.6 Å². The second-order valence-electron chi connectivity index (χ2n) is 4.67. The Morgan fingerprint density at radius 1 is 1.33 bits per heavy atom. The van der Waals surface area contributed by atoms with Gasteiger partial charge in [-0.15, -0.1) is 0 Å². The summed E-state index contributed by atoms with van der Waals surface area (Å²) in [6.07, 6.45) is 3.49. The zero-order valence-electron chi connectivity index (χ0n) is 8.56. The summed E-state index contributed by atoms with van der Waals surface area (Å²) in [5.74, 6) is -0.390. The van der Waals surface area contributed by atoms with E-state index in [1.807, 2.05) is 0 Å². The fourth-order valence-corrected chi connectivity index (χ4v) is 3.49. The van der Waals surface area contributed by atoms with Crippen LogP contribution in [0, 0.1) is 23.7 Å². The van der Waals surface area contributed by atoms with Crippen molar-refractivity contribution in [1.82, 2.24) is 0 Å². The van der Waals surface area contributed by atoms with E-state index < -0.39 is 11.9 Å². The molecule has 1 N–H and O–H groups in total. The van der Waals surface area contributed by atoms with Crippen molar-refractivity contribution >= 4 is 24.4 Å². The Morgan fingerprint density at radius 3 is 2.60 bits per heavy atom. The first-order valence-corrected chi connectivity index (χ1v) is 6.15. The fraction of sp³-hybridized carbons (Fsp3) is 0.818. The molecule has 4 atom stereocenters. The molecule has 0 aliphatic heterocycles. The topological polar surface area (TPSA) is 54.4 Å². The third-order valence-corrected chi connectivity index (χ3v) is 4.38. The van der Waals surface area contributed by atoms with Crippen molar-refractivity contribution in [1.29, 1.82) is 0 Å². The lowest BCUT2D eigenvalue weighted by atomic mass is 9.72. The molecule has 4 unspecified atom stereocenters. The van der Waals surface area contributed by atoms with Crippen LogP contribution < -0.4 is 0 Å². The van der Waals surface area contributed by atoms with Gasteiger partial charge in [0.15, 0.2) is 0 Å². The summed E-state index contributed by atoms with van der Waals surface area (Å²) >= 11 is 4.17. The molecule has 0 heterocycles. The first kappa shape index (κ1) is 11.0. The molecule has 0 bridgehead atoms. The van der Waals surface area contributed by atoms with E-state index in [2.05, 4.69) is 12.6 Å². The standard InChI is InChI=1S/C11H16O3S/c12-10-7(5-15)2-1-6-3-4-8(9(6)10)11(13)14/h6-9,15H,1-5H2,(H,13,14). The lowest BCUT2D eigenvalue weighted by molar-refractivity contribution is -0.148. The fourth-order valence-electron chi connectivity index (χ4n) is 3.12. The van der Waals surface area contributed by atoms with Gasteiger partial charge in [0.25, 0.3) is 0 Å². The van der Waals surface area contributed by atoms with Gasteiger partial charge in [-0.3, -0.25) is 9.59 Å². The van der Waals surface area contributed by atoms with Crippen molar-refractivity contribution in [3.8, 4) is 0 Å². The lowest BCUT2D eigenvalue weighted by Crippen LogP contribution is -2.38. The Balaban J connectivity index is 2.18. The van der Waals surface area contributed by atoms with Crippen LogP contribution in [-0.2, 0) is 9.59 Å². The van der Waals surface area contributed by atoms with Gasteiger partial charge < -0.3 is 5.11 Å². The van der Waals surface area contributed by atoms with E-state index in [1.165, 1.54) is 0 Å². The number of aliphatic carboxylic acids is 1. The molecule has 2 saturated carbocycles. The highest BCUT2D eigenvalue weighted by Gasteiger charge is 2.48. The third kappa shape index (κ3) is 1.80. The van der Waals surface area contributed by atoms with Gasteiger partial charge >= 0.3 is 5.97 Å². The smallest absolute Gasteiger partial charge is 0.307 e. The van der Waals surface area contributed by atoms with Crippen LogP contribution in [0.1, 0.15) is 25.7 Å². The number of fused-ring (bicyclic) bond motifs is 1. The predicted octanol–water partition coefficient (Wildman–Crippen LogP) is 1.62. The highest BCUT2D eigenvalue weighted by atomic mass is 32.1. The minimum atomic E-state index is -0.796. The van der Waals surface area contributed by atoms with E-state index in [1.54, 1.807) is 0 Å². The molecule has 0 radical (unpaired) electrons. The molecule has 0 amide bonds. The SMILES string of the molecule is O=C(O)C1CCC2CCC(CS)C(=O)C21. The van der Waals surface area contributed by atoms with E-state index in [4.69, 9.17) is 5.11 Å². The van der Waals surface area contributed by atoms with Crippen molar-refractivity contribution in [3.05, 3.63) is 0 Å². The minimum Gasteiger partial charge on any atom is -0.481 e. The maximum atomic E-state index is 12.0. The molecule has 0 saturated heterocycles. The highest BCUT2D eigenvalue weighted by molar-refractivity contribution is 7.80. The van der Waals surface area contributed by atoms with Crippen LogP contribution in [-0.4, -0.2) is 22.6 Å². The number of rotatable bonds is 2. The van der Waals surface area contributed by atoms with E-state index in [0.717, 1.165) is 19.3 Å². The van der Waals surface area contributed by atoms with Crippen molar-refractivity contribution in [2.45, 2.75) is 25.7 Å². The largest absolute Gasteiger partial charge is 0.481 e. The van der Waals surface area contributed by atoms with Crippen LogP contribution in [0.25, 0.3) is 0 Å². The van der Waals surface area contributed by atoms with Crippen LogP contribution in [0.3, 0.4) is 0 Å². The summed E-state index contributed by atoms with van der Waals surface area (Å²) in [5.41, 5.74) is 0. The average molecular weight is 228 g/mol. The van der Waals surface area contributed by atoms with Crippen molar-refractivity contribution in [3.63, 3.8) is 0 Å². The maximum Gasteiger partial charge on any atom is 0.307 e. The summed E-state index contributed by atoms with van der Waals surface area (Å²) in [7, 11) is 0. The predicted molar refractivity (Wildman–Crippen MR) is 58.9 cm³/mol. The Labute approximate surface area is 94.6 Å². The van der Waals surface area contributed by atoms with E-state index in [-0.39, 0.29) is 17.6 Å². The molecule has 0 spiro atoms. The van der Waals surface area contributed by atoms with Gasteiger partial charge in [-0.25, -0.2) is 0 Å². The van der Waals surface area contributed by atoms with Crippen molar-refractivity contribution < 1.29 is 14.7 Å². The number of carbonyl (C=O) groups is 2. The zero-order chi connectivity index (χ0) is 11.0. The summed E-state index contributed by atoms with van der Waals surface area (Å²) in [4.78, 5) is 23.1. The second-order valence-corrected chi connectivity index (χ2v) is 5.03. The van der Waals surface area contributed by atoms with Crippen LogP contribution in [0.5, 0.6) is 0 Å². The first-order chi connectivity index (χ1) is 7.15. The van der Waals surface area contributed by atoms with Crippen LogP contribution in [0.15, 0.2) is 0 Å². The van der Waals surface area contributed by atoms with Crippen LogP contribution in [0.4, 0.5) is 0 Å². The number of hydrogen-bond acceptors (Lipinski definition) is 3. The summed E-state index contributed by atoms with van der Waals surface area (Å²) in [6, 6.07) is 0. The van der Waals surface area contributed by atoms with Crippen molar-refractivity contribution in [2.75, 3.05) is 5.75 Å². The minimum absolute atomic E-state index is 0.00506. The number of ketones is 1. The molecule has 2 fully saturated rings. The molecule has 2 aliphatic rings. The molecule has 15 heavy (non-hydrogen) atoms. The molecule has 4 heteroatoms. The highest BCUT2D eigenvalue weighted by Crippen LogP contribution is 2.45. The number of Topliss-reactive ketones (excluding diaryl/α,β-unsaturated/α-hetero) is 1. The monoisotopic (exact) mass is 228 g/mol. The average Bonchev–Trinajstić information content (AvgIpc) is 2.63. The van der Waals surface area contributed by atoms with E-state index in [9.17, 15) is 9.59 Å². The molecule has 2 rings (SSSR count). The normalized spacial score (nSPS) is 40.2.